The average molecular weight is 329 g/mol. The SMILES string of the molecule is Cc1nn(C)c(CC(N)C2(N(C)C)CCCC2)c1Br. The predicted molar refractivity (Wildman–Crippen MR) is 82.2 cm³/mol. The summed E-state index contributed by atoms with van der Waals surface area (Å²) in [5.74, 6) is 0. The first kappa shape index (κ1) is 15.0. The summed E-state index contributed by atoms with van der Waals surface area (Å²) in [5.41, 5.74) is 8.98. The number of hydrogen-bond acceptors (Lipinski definition) is 3. The molecule has 0 aliphatic heterocycles. The number of aromatic nitrogens is 2. The second-order valence-electron chi connectivity index (χ2n) is 5.99. The minimum atomic E-state index is 0.149. The summed E-state index contributed by atoms with van der Waals surface area (Å²) < 4.78 is 3.06. The summed E-state index contributed by atoms with van der Waals surface area (Å²) >= 11 is 3.64. The van der Waals surface area contributed by atoms with Crippen molar-refractivity contribution in [2.24, 2.45) is 12.8 Å². The molecule has 0 spiro atoms. The Bertz CT molecular complexity index is 447. The number of hydrogen-bond donors (Lipinski definition) is 1. The molecule has 0 saturated heterocycles. The van der Waals surface area contributed by atoms with E-state index in [1.807, 2.05) is 18.7 Å². The average Bonchev–Trinajstić information content (AvgIpc) is 2.92. The monoisotopic (exact) mass is 328 g/mol. The Morgan fingerprint density at radius 2 is 2.00 bits per heavy atom. The molecule has 1 unspecified atom stereocenters. The molecule has 1 aromatic heterocycles. The molecule has 2 N–H and O–H groups in total. The van der Waals surface area contributed by atoms with E-state index in [9.17, 15) is 0 Å². The molecule has 1 aliphatic rings. The van der Waals surface area contributed by atoms with Crippen molar-refractivity contribution in [1.82, 2.24) is 14.7 Å². The van der Waals surface area contributed by atoms with Gasteiger partial charge < -0.3 is 10.6 Å². The third-order valence-corrected chi connectivity index (χ3v) is 5.76. The molecule has 1 fully saturated rings. The van der Waals surface area contributed by atoms with Crippen molar-refractivity contribution in [3.8, 4) is 0 Å². The molecule has 1 heterocycles. The molecule has 0 radical (unpaired) electrons. The highest BCUT2D eigenvalue weighted by Gasteiger charge is 2.41. The number of likely N-dealkylation sites (N-methyl/N-ethyl adjacent to an activating group) is 1. The van der Waals surface area contributed by atoms with Gasteiger partial charge in [-0.2, -0.15) is 5.10 Å². The van der Waals surface area contributed by atoms with Crippen LogP contribution in [0.3, 0.4) is 0 Å². The minimum Gasteiger partial charge on any atom is -0.326 e. The van der Waals surface area contributed by atoms with Gasteiger partial charge in [0.2, 0.25) is 0 Å². The van der Waals surface area contributed by atoms with Gasteiger partial charge in [0.1, 0.15) is 0 Å². The fraction of sp³-hybridized carbons (Fsp3) is 0.786. The Kier molecular flexibility index (Phi) is 4.38. The highest BCUT2D eigenvalue weighted by Crippen LogP contribution is 2.37. The van der Waals surface area contributed by atoms with Crippen molar-refractivity contribution in [1.29, 1.82) is 0 Å². The number of halogens is 1. The molecule has 4 nitrogen and oxygen atoms in total. The van der Waals surface area contributed by atoms with Crippen molar-refractivity contribution >= 4 is 15.9 Å². The normalized spacial score (nSPS) is 20.2. The van der Waals surface area contributed by atoms with Crippen LogP contribution in [0.1, 0.15) is 37.1 Å². The maximum absolute atomic E-state index is 6.59. The van der Waals surface area contributed by atoms with E-state index in [0.29, 0.717) is 0 Å². The van der Waals surface area contributed by atoms with Gasteiger partial charge in [0.15, 0.2) is 0 Å². The van der Waals surface area contributed by atoms with Crippen LogP contribution in [-0.2, 0) is 13.5 Å². The standard InChI is InChI=1S/C14H25BrN4/c1-10-13(15)11(19(4)17-10)9-12(16)14(18(2)3)7-5-6-8-14/h12H,5-9,16H2,1-4H3. The second kappa shape index (κ2) is 5.54. The van der Waals surface area contributed by atoms with Crippen molar-refractivity contribution in [2.45, 2.75) is 50.6 Å². The van der Waals surface area contributed by atoms with Crippen LogP contribution in [0.5, 0.6) is 0 Å². The highest BCUT2D eigenvalue weighted by molar-refractivity contribution is 9.10. The van der Waals surface area contributed by atoms with E-state index in [0.717, 1.165) is 16.6 Å². The Morgan fingerprint density at radius 3 is 2.42 bits per heavy atom. The lowest BCUT2D eigenvalue weighted by molar-refractivity contribution is 0.122. The summed E-state index contributed by atoms with van der Waals surface area (Å²) in [6.07, 6.45) is 5.86. The molecule has 1 aromatic rings. The Labute approximate surface area is 124 Å². The highest BCUT2D eigenvalue weighted by atomic mass is 79.9. The van der Waals surface area contributed by atoms with E-state index in [1.165, 1.54) is 31.4 Å². The third kappa shape index (κ3) is 2.60. The molecule has 1 aliphatic carbocycles. The Hall–Kier alpha value is -0.390. The van der Waals surface area contributed by atoms with E-state index in [1.54, 1.807) is 0 Å². The number of nitrogens with zero attached hydrogens (tertiary/aromatic N) is 3. The number of aryl methyl sites for hydroxylation is 2. The maximum atomic E-state index is 6.59. The van der Waals surface area contributed by atoms with E-state index >= 15 is 0 Å². The van der Waals surface area contributed by atoms with Crippen LogP contribution in [0, 0.1) is 6.92 Å². The van der Waals surface area contributed by atoms with Crippen molar-refractivity contribution in [3.63, 3.8) is 0 Å². The van der Waals surface area contributed by atoms with Crippen molar-refractivity contribution in [3.05, 3.63) is 15.9 Å². The van der Waals surface area contributed by atoms with Gasteiger partial charge in [-0.3, -0.25) is 4.68 Å². The molecule has 19 heavy (non-hydrogen) atoms. The molecule has 1 saturated carbocycles. The molecule has 0 amide bonds. The predicted octanol–water partition coefficient (Wildman–Crippen LogP) is 2.24. The van der Waals surface area contributed by atoms with E-state index in [4.69, 9.17) is 5.73 Å². The van der Waals surface area contributed by atoms with E-state index in [2.05, 4.69) is 40.0 Å². The van der Waals surface area contributed by atoms with Gasteiger partial charge in [-0.05, 0) is 49.8 Å². The summed E-state index contributed by atoms with van der Waals surface area (Å²) in [6, 6.07) is 0.149. The number of nitrogens with two attached hydrogens (primary N) is 1. The Morgan fingerprint density at radius 1 is 1.42 bits per heavy atom. The molecule has 0 bridgehead atoms. The zero-order valence-electron chi connectivity index (χ0n) is 12.4. The molecule has 2 rings (SSSR count). The van der Waals surface area contributed by atoms with E-state index in [-0.39, 0.29) is 11.6 Å². The molecular weight excluding hydrogens is 304 g/mol. The molecule has 1 atom stereocenters. The fourth-order valence-corrected chi connectivity index (χ4v) is 3.93. The smallest absolute Gasteiger partial charge is 0.0738 e. The first-order valence-electron chi connectivity index (χ1n) is 6.99. The van der Waals surface area contributed by atoms with Crippen LogP contribution < -0.4 is 5.73 Å². The summed E-state index contributed by atoms with van der Waals surface area (Å²) in [6.45, 7) is 2.02. The molecular formula is C14H25BrN4. The Balaban J connectivity index is 2.22. The van der Waals surface area contributed by atoms with Crippen LogP contribution in [0.25, 0.3) is 0 Å². The lowest BCUT2D eigenvalue weighted by Crippen LogP contribution is -2.56. The van der Waals surface area contributed by atoms with Gasteiger partial charge in [-0.15, -0.1) is 0 Å². The summed E-state index contributed by atoms with van der Waals surface area (Å²) in [7, 11) is 6.32. The zero-order chi connectivity index (χ0) is 14.2. The fourth-order valence-electron chi connectivity index (χ4n) is 3.44. The van der Waals surface area contributed by atoms with Gasteiger partial charge >= 0.3 is 0 Å². The van der Waals surface area contributed by atoms with Crippen LogP contribution in [0.2, 0.25) is 0 Å². The van der Waals surface area contributed by atoms with Crippen molar-refractivity contribution in [2.75, 3.05) is 14.1 Å². The van der Waals surface area contributed by atoms with Crippen LogP contribution in [0.15, 0.2) is 4.47 Å². The topological polar surface area (TPSA) is 47.1 Å². The number of rotatable bonds is 4. The van der Waals surface area contributed by atoms with Crippen LogP contribution in [0.4, 0.5) is 0 Å². The van der Waals surface area contributed by atoms with Gasteiger partial charge in [0.05, 0.1) is 15.9 Å². The van der Waals surface area contributed by atoms with Gasteiger partial charge in [-0.1, -0.05) is 12.8 Å². The minimum absolute atomic E-state index is 0.149. The zero-order valence-corrected chi connectivity index (χ0v) is 14.0. The maximum Gasteiger partial charge on any atom is 0.0738 e. The largest absolute Gasteiger partial charge is 0.326 e. The van der Waals surface area contributed by atoms with Gasteiger partial charge in [-0.25, -0.2) is 0 Å². The van der Waals surface area contributed by atoms with Crippen LogP contribution >= 0.6 is 15.9 Å². The van der Waals surface area contributed by atoms with E-state index < -0.39 is 0 Å². The third-order valence-electron chi connectivity index (χ3n) is 4.73. The quantitative estimate of drug-likeness (QED) is 0.922. The van der Waals surface area contributed by atoms with Crippen LogP contribution in [-0.4, -0.2) is 40.4 Å². The lowest BCUT2D eigenvalue weighted by atomic mass is 9.84. The van der Waals surface area contributed by atoms with Gasteiger partial charge in [0.25, 0.3) is 0 Å². The molecule has 108 valence electrons. The first-order chi connectivity index (χ1) is 8.88. The molecule has 5 heteroatoms. The summed E-state index contributed by atoms with van der Waals surface area (Å²) in [4.78, 5) is 2.34. The van der Waals surface area contributed by atoms with Crippen molar-refractivity contribution < 1.29 is 0 Å². The van der Waals surface area contributed by atoms with Gasteiger partial charge in [0, 0.05) is 25.0 Å². The second-order valence-corrected chi connectivity index (χ2v) is 6.78. The lowest BCUT2D eigenvalue weighted by Gasteiger charge is -2.41. The molecule has 0 aromatic carbocycles. The summed E-state index contributed by atoms with van der Waals surface area (Å²) in [5, 5.41) is 4.46. The first-order valence-corrected chi connectivity index (χ1v) is 7.79.